The van der Waals surface area contributed by atoms with Crippen LogP contribution in [0.2, 0.25) is 0 Å². The molecule has 0 bridgehead atoms. The first-order valence-corrected chi connectivity index (χ1v) is 7.71. The van der Waals surface area contributed by atoms with E-state index in [1.54, 1.807) is 7.11 Å². The minimum atomic E-state index is 0.630. The molecule has 1 aromatic rings. The maximum atomic E-state index is 5.06. The molecule has 1 aromatic heterocycles. The van der Waals surface area contributed by atoms with E-state index in [4.69, 9.17) is 4.74 Å². The summed E-state index contributed by atoms with van der Waals surface area (Å²) in [6.07, 6.45) is 4.13. The average Bonchev–Trinajstić information content (AvgIpc) is 2.36. The Morgan fingerprint density at radius 2 is 2.16 bits per heavy atom. The van der Waals surface area contributed by atoms with Crippen LogP contribution in [0.15, 0.2) is 22.8 Å². The van der Waals surface area contributed by atoms with Crippen molar-refractivity contribution in [2.75, 3.05) is 26.8 Å². The van der Waals surface area contributed by atoms with E-state index in [1.807, 2.05) is 6.20 Å². The van der Waals surface area contributed by atoms with Gasteiger partial charge < -0.3 is 10.1 Å². The second-order valence-corrected chi connectivity index (χ2v) is 6.28. The van der Waals surface area contributed by atoms with Gasteiger partial charge in [0.15, 0.2) is 0 Å². The van der Waals surface area contributed by atoms with Gasteiger partial charge in [-0.2, -0.15) is 0 Å². The summed E-state index contributed by atoms with van der Waals surface area (Å²) >= 11 is 3.42. The van der Waals surface area contributed by atoms with Crippen molar-refractivity contribution < 1.29 is 4.74 Å². The minimum absolute atomic E-state index is 0.630. The van der Waals surface area contributed by atoms with Gasteiger partial charge in [-0.25, -0.2) is 0 Å². The molecule has 1 unspecified atom stereocenters. The van der Waals surface area contributed by atoms with Gasteiger partial charge in [0.1, 0.15) is 0 Å². The van der Waals surface area contributed by atoms with Crippen molar-refractivity contribution in [3.63, 3.8) is 0 Å². The van der Waals surface area contributed by atoms with Gasteiger partial charge in [-0.15, -0.1) is 0 Å². The number of nitrogens with zero attached hydrogens (tertiary/aromatic N) is 1. The number of aromatic nitrogens is 1. The summed E-state index contributed by atoms with van der Waals surface area (Å²) in [6.45, 7) is 7.26. The molecule has 3 nitrogen and oxygen atoms in total. The number of methoxy groups -OCH3 is 1. The zero-order valence-electron chi connectivity index (χ0n) is 12.2. The molecule has 1 rings (SSSR count). The van der Waals surface area contributed by atoms with Gasteiger partial charge in [-0.1, -0.05) is 13.8 Å². The summed E-state index contributed by atoms with van der Waals surface area (Å²) in [5.74, 6) is 1.34. The summed E-state index contributed by atoms with van der Waals surface area (Å²) in [7, 11) is 1.74. The van der Waals surface area contributed by atoms with E-state index in [9.17, 15) is 0 Å². The fourth-order valence-electron chi connectivity index (χ4n) is 2.21. The first-order valence-electron chi connectivity index (χ1n) is 6.92. The Labute approximate surface area is 125 Å². The van der Waals surface area contributed by atoms with Crippen LogP contribution < -0.4 is 5.32 Å². The molecule has 0 aliphatic rings. The summed E-state index contributed by atoms with van der Waals surface area (Å²) in [6, 6.07) is 4.17. The second-order valence-electron chi connectivity index (χ2n) is 5.36. The van der Waals surface area contributed by atoms with Gasteiger partial charge >= 0.3 is 0 Å². The third-order valence-electron chi connectivity index (χ3n) is 3.01. The van der Waals surface area contributed by atoms with E-state index >= 15 is 0 Å². The van der Waals surface area contributed by atoms with Crippen molar-refractivity contribution >= 4 is 15.9 Å². The molecular weight excluding hydrogens is 304 g/mol. The van der Waals surface area contributed by atoms with Crippen LogP contribution in [0.25, 0.3) is 0 Å². The maximum Gasteiger partial charge on any atom is 0.0587 e. The lowest BCUT2D eigenvalue weighted by atomic mass is 9.92. The number of halogens is 1. The van der Waals surface area contributed by atoms with Gasteiger partial charge in [-0.05, 0) is 59.3 Å². The molecule has 0 radical (unpaired) electrons. The lowest BCUT2D eigenvalue weighted by Gasteiger charge is -2.19. The Balaban J connectivity index is 2.46. The van der Waals surface area contributed by atoms with Crippen molar-refractivity contribution in [3.8, 4) is 0 Å². The second kappa shape index (κ2) is 9.45. The monoisotopic (exact) mass is 328 g/mol. The predicted molar refractivity (Wildman–Crippen MR) is 83.3 cm³/mol. The van der Waals surface area contributed by atoms with Crippen molar-refractivity contribution in [1.29, 1.82) is 0 Å². The SMILES string of the molecule is COCCNCC(Cc1ccc(Br)cn1)CC(C)C. The highest BCUT2D eigenvalue weighted by Gasteiger charge is 2.12. The highest BCUT2D eigenvalue weighted by molar-refractivity contribution is 9.10. The highest BCUT2D eigenvalue weighted by atomic mass is 79.9. The Morgan fingerprint density at radius 3 is 2.74 bits per heavy atom. The number of rotatable bonds is 9. The first kappa shape index (κ1) is 16.6. The summed E-state index contributed by atoms with van der Waals surface area (Å²) in [5.41, 5.74) is 1.17. The van der Waals surface area contributed by atoms with Crippen molar-refractivity contribution in [3.05, 3.63) is 28.5 Å². The number of hydrogen-bond acceptors (Lipinski definition) is 3. The summed E-state index contributed by atoms with van der Waals surface area (Å²) in [5, 5.41) is 3.46. The molecule has 0 spiro atoms. The zero-order valence-corrected chi connectivity index (χ0v) is 13.7. The van der Waals surface area contributed by atoms with E-state index in [0.717, 1.165) is 30.6 Å². The van der Waals surface area contributed by atoms with Crippen LogP contribution in [-0.2, 0) is 11.2 Å². The number of nitrogens with one attached hydrogen (secondary N) is 1. The Bertz CT molecular complexity index is 341. The molecule has 1 heterocycles. The molecular formula is C15H25BrN2O. The van der Waals surface area contributed by atoms with Crippen LogP contribution in [0.3, 0.4) is 0 Å². The van der Waals surface area contributed by atoms with E-state index in [2.05, 4.69) is 52.2 Å². The molecule has 0 amide bonds. The first-order chi connectivity index (χ1) is 9.11. The van der Waals surface area contributed by atoms with E-state index < -0.39 is 0 Å². The molecule has 0 fully saturated rings. The van der Waals surface area contributed by atoms with Crippen molar-refractivity contribution in [1.82, 2.24) is 10.3 Å². The summed E-state index contributed by atoms with van der Waals surface area (Å²) < 4.78 is 6.09. The molecule has 19 heavy (non-hydrogen) atoms. The lowest BCUT2D eigenvalue weighted by Crippen LogP contribution is -2.28. The largest absolute Gasteiger partial charge is 0.383 e. The van der Waals surface area contributed by atoms with Gasteiger partial charge in [0, 0.05) is 30.0 Å². The average molecular weight is 329 g/mol. The third-order valence-corrected chi connectivity index (χ3v) is 3.48. The Morgan fingerprint density at radius 1 is 1.37 bits per heavy atom. The quantitative estimate of drug-likeness (QED) is 0.706. The molecule has 0 saturated heterocycles. The smallest absolute Gasteiger partial charge is 0.0587 e. The highest BCUT2D eigenvalue weighted by Crippen LogP contribution is 2.17. The van der Waals surface area contributed by atoms with Crippen LogP contribution in [-0.4, -0.2) is 31.8 Å². The van der Waals surface area contributed by atoms with Crippen LogP contribution in [0.1, 0.15) is 26.0 Å². The standard InChI is InChI=1S/C15H25BrN2O/c1-12(2)8-13(10-17-6-7-19-3)9-15-5-4-14(16)11-18-15/h4-5,11-13,17H,6-10H2,1-3H3. The fraction of sp³-hybridized carbons (Fsp3) is 0.667. The third kappa shape index (κ3) is 7.65. The summed E-state index contributed by atoms with van der Waals surface area (Å²) in [4.78, 5) is 4.47. The Hall–Kier alpha value is -0.450. The molecule has 1 N–H and O–H groups in total. The zero-order chi connectivity index (χ0) is 14.1. The lowest BCUT2D eigenvalue weighted by molar-refractivity contribution is 0.197. The van der Waals surface area contributed by atoms with Crippen LogP contribution in [0.4, 0.5) is 0 Å². The number of ether oxygens (including phenoxy) is 1. The van der Waals surface area contributed by atoms with Crippen LogP contribution in [0.5, 0.6) is 0 Å². The van der Waals surface area contributed by atoms with Gasteiger partial charge in [0.25, 0.3) is 0 Å². The van der Waals surface area contributed by atoms with Crippen LogP contribution >= 0.6 is 15.9 Å². The molecule has 0 saturated carbocycles. The molecule has 1 atom stereocenters. The Kier molecular flexibility index (Phi) is 8.26. The normalized spacial score (nSPS) is 12.9. The van der Waals surface area contributed by atoms with Gasteiger partial charge in [0.2, 0.25) is 0 Å². The molecule has 0 aliphatic carbocycles. The van der Waals surface area contributed by atoms with E-state index in [0.29, 0.717) is 11.8 Å². The van der Waals surface area contributed by atoms with Crippen molar-refractivity contribution in [2.45, 2.75) is 26.7 Å². The van der Waals surface area contributed by atoms with Gasteiger partial charge in [0.05, 0.1) is 6.61 Å². The molecule has 0 aromatic carbocycles. The number of hydrogen-bond donors (Lipinski definition) is 1. The molecule has 108 valence electrons. The molecule has 0 aliphatic heterocycles. The van der Waals surface area contributed by atoms with Gasteiger partial charge in [-0.3, -0.25) is 4.98 Å². The molecule has 4 heteroatoms. The minimum Gasteiger partial charge on any atom is -0.383 e. The maximum absolute atomic E-state index is 5.06. The van der Waals surface area contributed by atoms with Crippen LogP contribution in [0, 0.1) is 11.8 Å². The van der Waals surface area contributed by atoms with E-state index in [-0.39, 0.29) is 0 Å². The van der Waals surface area contributed by atoms with E-state index in [1.165, 1.54) is 12.1 Å². The fourth-order valence-corrected chi connectivity index (χ4v) is 2.44. The number of pyridine rings is 1. The topological polar surface area (TPSA) is 34.1 Å². The van der Waals surface area contributed by atoms with Crippen molar-refractivity contribution in [2.24, 2.45) is 11.8 Å². The predicted octanol–water partition coefficient (Wildman–Crippen LogP) is 3.28.